The number of rotatable bonds is 3. The van der Waals surface area contributed by atoms with Gasteiger partial charge in [-0.25, -0.2) is 9.18 Å². The Bertz CT molecular complexity index is 643. The van der Waals surface area contributed by atoms with Crippen LogP contribution in [-0.2, 0) is 6.54 Å². The van der Waals surface area contributed by atoms with Crippen LogP contribution in [0.4, 0.5) is 4.39 Å². The average molecular weight is 245 g/mol. The molecule has 2 rings (SSSR count). The van der Waals surface area contributed by atoms with E-state index in [-0.39, 0.29) is 6.54 Å². The fourth-order valence-corrected chi connectivity index (χ4v) is 1.55. The molecule has 0 saturated heterocycles. The van der Waals surface area contributed by atoms with Crippen molar-refractivity contribution in [3.63, 3.8) is 0 Å². The highest BCUT2D eigenvalue weighted by Crippen LogP contribution is 2.09. The van der Waals surface area contributed by atoms with Crippen LogP contribution in [0.15, 0.2) is 30.5 Å². The van der Waals surface area contributed by atoms with Gasteiger partial charge in [0.1, 0.15) is 0 Å². The van der Waals surface area contributed by atoms with E-state index in [1.54, 1.807) is 24.3 Å². The van der Waals surface area contributed by atoms with Crippen LogP contribution in [0.2, 0.25) is 0 Å². The molecule has 0 aliphatic heterocycles. The normalized spacial score (nSPS) is 10.0. The minimum atomic E-state index is -1.41. The van der Waals surface area contributed by atoms with Gasteiger partial charge in [0.25, 0.3) is 0 Å². The average Bonchev–Trinajstić information content (AvgIpc) is 2.70. The van der Waals surface area contributed by atoms with Crippen LogP contribution >= 0.6 is 0 Å². The zero-order valence-corrected chi connectivity index (χ0v) is 9.17. The summed E-state index contributed by atoms with van der Waals surface area (Å²) in [6, 6.07) is 8.73. The molecule has 18 heavy (non-hydrogen) atoms. The molecule has 1 N–H and O–H groups in total. The summed E-state index contributed by atoms with van der Waals surface area (Å²) in [4.78, 5) is 10.6. The molecule has 0 spiro atoms. The minimum Gasteiger partial charge on any atom is -0.476 e. The summed E-state index contributed by atoms with van der Waals surface area (Å²) < 4.78 is 14.4. The molecule has 2 aromatic rings. The van der Waals surface area contributed by atoms with Crippen molar-refractivity contribution in [1.29, 1.82) is 5.26 Å². The van der Waals surface area contributed by atoms with Gasteiger partial charge in [-0.15, -0.1) is 0 Å². The van der Waals surface area contributed by atoms with Crippen LogP contribution in [0, 0.1) is 17.1 Å². The van der Waals surface area contributed by atoms with Crippen molar-refractivity contribution in [3.05, 3.63) is 53.1 Å². The third-order valence-electron chi connectivity index (χ3n) is 2.32. The molecule has 0 radical (unpaired) electrons. The van der Waals surface area contributed by atoms with Crippen molar-refractivity contribution >= 4 is 5.97 Å². The molecule has 5 nitrogen and oxygen atoms in total. The van der Waals surface area contributed by atoms with E-state index in [1.807, 2.05) is 6.07 Å². The first-order valence-corrected chi connectivity index (χ1v) is 5.05. The maximum Gasteiger partial charge on any atom is 0.359 e. The lowest BCUT2D eigenvalue weighted by atomic mass is 10.1. The van der Waals surface area contributed by atoms with E-state index < -0.39 is 17.5 Å². The lowest BCUT2D eigenvalue weighted by Gasteiger charge is -2.01. The predicted molar refractivity (Wildman–Crippen MR) is 59.4 cm³/mol. The third-order valence-corrected chi connectivity index (χ3v) is 2.32. The number of halogens is 1. The number of carboxylic acid groups (broad SMARTS) is 1. The lowest BCUT2D eigenvalue weighted by Crippen LogP contribution is -2.04. The Morgan fingerprint density at radius 2 is 2.33 bits per heavy atom. The maximum atomic E-state index is 13.2. The second-order valence-electron chi connectivity index (χ2n) is 3.64. The van der Waals surface area contributed by atoms with Crippen molar-refractivity contribution < 1.29 is 14.3 Å². The molecular formula is C12H8FN3O2. The van der Waals surface area contributed by atoms with Crippen LogP contribution < -0.4 is 0 Å². The molecule has 0 aliphatic rings. The van der Waals surface area contributed by atoms with Crippen molar-refractivity contribution in [3.8, 4) is 6.07 Å². The van der Waals surface area contributed by atoms with E-state index in [2.05, 4.69) is 5.10 Å². The summed E-state index contributed by atoms with van der Waals surface area (Å²) in [6.45, 7) is 0.208. The van der Waals surface area contributed by atoms with E-state index in [0.29, 0.717) is 5.56 Å². The van der Waals surface area contributed by atoms with E-state index >= 15 is 0 Å². The quantitative estimate of drug-likeness (QED) is 0.891. The van der Waals surface area contributed by atoms with Gasteiger partial charge in [-0.05, 0) is 17.7 Å². The molecule has 0 atom stereocenters. The largest absolute Gasteiger partial charge is 0.476 e. The number of hydrogen-bond donors (Lipinski definition) is 1. The summed E-state index contributed by atoms with van der Waals surface area (Å²) in [6.07, 6.45) is 1.02. The Kier molecular flexibility index (Phi) is 3.06. The molecular weight excluding hydrogens is 237 g/mol. The number of carbonyl (C=O) groups is 1. The molecule has 0 bridgehead atoms. The highest BCUT2D eigenvalue weighted by atomic mass is 19.1. The first kappa shape index (κ1) is 11.8. The monoisotopic (exact) mass is 245 g/mol. The highest BCUT2D eigenvalue weighted by Gasteiger charge is 2.15. The Labute approximate surface area is 102 Å². The van der Waals surface area contributed by atoms with Crippen LogP contribution in [-0.4, -0.2) is 20.9 Å². The Balaban J connectivity index is 2.26. The van der Waals surface area contributed by atoms with Gasteiger partial charge in [0, 0.05) is 0 Å². The summed E-state index contributed by atoms with van der Waals surface area (Å²) in [5.74, 6) is -2.28. The second-order valence-corrected chi connectivity index (χ2v) is 3.64. The van der Waals surface area contributed by atoms with Gasteiger partial charge in [0.05, 0.1) is 24.4 Å². The molecule has 90 valence electrons. The fourth-order valence-electron chi connectivity index (χ4n) is 1.55. The Morgan fingerprint density at radius 3 is 2.94 bits per heavy atom. The fraction of sp³-hybridized carbons (Fsp3) is 0.0833. The summed E-state index contributed by atoms with van der Waals surface area (Å²) in [5.41, 5.74) is 0.624. The zero-order valence-electron chi connectivity index (χ0n) is 9.17. The van der Waals surface area contributed by atoms with Crippen LogP contribution in [0.3, 0.4) is 0 Å². The lowest BCUT2D eigenvalue weighted by molar-refractivity contribution is 0.0684. The third kappa shape index (κ3) is 2.35. The second kappa shape index (κ2) is 4.67. The molecule has 0 saturated carbocycles. The smallest absolute Gasteiger partial charge is 0.359 e. The van der Waals surface area contributed by atoms with Crippen LogP contribution in [0.5, 0.6) is 0 Å². The van der Waals surface area contributed by atoms with Gasteiger partial charge in [0.15, 0.2) is 5.82 Å². The molecule has 0 unspecified atom stereocenters. The van der Waals surface area contributed by atoms with E-state index in [1.165, 1.54) is 4.68 Å². The van der Waals surface area contributed by atoms with Gasteiger partial charge in [-0.1, -0.05) is 12.1 Å². The van der Waals surface area contributed by atoms with Gasteiger partial charge in [-0.2, -0.15) is 10.4 Å². The Hall–Kier alpha value is -2.68. The van der Waals surface area contributed by atoms with Crippen LogP contribution in [0.1, 0.15) is 21.6 Å². The number of aromatic nitrogens is 2. The summed E-state index contributed by atoms with van der Waals surface area (Å²) >= 11 is 0. The minimum absolute atomic E-state index is 0.208. The number of nitrogens with zero attached hydrogens (tertiary/aromatic N) is 3. The number of carboxylic acids is 1. The van der Waals surface area contributed by atoms with Crippen molar-refractivity contribution in [1.82, 2.24) is 9.78 Å². The molecule has 0 aliphatic carbocycles. The van der Waals surface area contributed by atoms with Crippen molar-refractivity contribution in [2.45, 2.75) is 6.54 Å². The van der Waals surface area contributed by atoms with Gasteiger partial charge in [0.2, 0.25) is 5.69 Å². The summed E-state index contributed by atoms with van der Waals surface area (Å²) in [5, 5.41) is 21.0. The molecule has 1 aromatic heterocycles. The van der Waals surface area contributed by atoms with Crippen molar-refractivity contribution in [2.24, 2.45) is 0 Å². The topological polar surface area (TPSA) is 78.9 Å². The van der Waals surface area contributed by atoms with Crippen LogP contribution in [0.25, 0.3) is 0 Å². The van der Waals surface area contributed by atoms with Gasteiger partial charge < -0.3 is 5.11 Å². The van der Waals surface area contributed by atoms with E-state index in [4.69, 9.17) is 10.4 Å². The first-order valence-electron chi connectivity index (χ1n) is 5.05. The van der Waals surface area contributed by atoms with E-state index in [0.717, 1.165) is 11.8 Å². The SMILES string of the molecule is N#Cc1cccc(Cn2cc(F)c(C(=O)O)n2)c1. The highest BCUT2D eigenvalue weighted by molar-refractivity contribution is 5.85. The molecule has 1 heterocycles. The summed E-state index contributed by atoms with van der Waals surface area (Å²) in [7, 11) is 0. The number of benzene rings is 1. The Morgan fingerprint density at radius 1 is 1.56 bits per heavy atom. The molecule has 6 heteroatoms. The number of aromatic carboxylic acids is 1. The maximum absolute atomic E-state index is 13.2. The number of hydrogen-bond acceptors (Lipinski definition) is 3. The molecule has 0 amide bonds. The van der Waals surface area contributed by atoms with Gasteiger partial charge in [-0.3, -0.25) is 4.68 Å². The van der Waals surface area contributed by atoms with Crippen molar-refractivity contribution in [2.75, 3.05) is 0 Å². The standard InChI is InChI=1S/C12H8FN3O2/c13-10-7-16(15-11(10)12(17)18)6-9-3-1-2-8(4-9)5-14/h1-4,7H,6H2,(H,17,18). The first-order chi connectivity index (χ1) is 8.60. The van der Waals surface area contributed by atoms with E-state index in [9.17, 15) is 9.18 Å². The van der Waals surface area contributed by atoms with Gasteiger partial charge >= 0.3 is 5.97 Å². The predicted octanol–water partition coefficient (Wildman–Crippen LogP) is 1.64. The molecule has 1 aromatic carbocycles. The zero-order chi connectivity index (χ0) is 13.1. The molecule has 0 fully saturated rings. The number of nitriles is 1.